The van der Waals surface area contributed by atoms with Gasteiger partial charge in [0.1, 0.15) is 11.8 Å². The molecule has 0 aliphatic heterocycles. The van der Waals surface area contributed by atoms with Crippen LogP contribution >= 0.6 is 0 Å². The first-order valence-corrected chi connectivity index (χ1v) is 17.8. The first-order chi connectivity index (χ1) is 15.1. The van der Waals surface area contributed by atoms with E-state index in [1.165, 1.54) is 6.33 Å². The monoisotopic (exact) mass is 489 g/mol. The van der Waals surface area contributed by atoms with Gasteiger partial charge in [-0.1, -0.05) is 53.7 Å². The van der Waals surface area contributed by atoms with Crippen LogP contribution in [-0.2, 0) is 8.85 Å². The Morgan fingerprint density at radius 1 is 1.09 bits per heavy atom. The highest BCUT2D eigenvalue weighted by Gasteiger charge is 2.45. The molecule has 3 rings (SSSR count). The van der Waals surface area contributed by atoms with Crippen LogP contribution < -0.4 is 5.73 Å². The van der Waals surface area contributed by atoms with E-state index in [0.717, 1.165) is 12.1 Å². The van der Waals surface area contributed by atoms with E-state index in [1.54, 1.807) is 0 Å². The van der Waals surface area contributed by atoms with Crippen LogP contribution in [0.15, 0.2) is 24.8 Å². The first kappa shape index (κ1) is 26.1. The van der Waals surface area contributed by atoms with Crippen LogP contribution in [0, 0.1) is 11.3 Å². The molecule has 2 aromatic rings. The van der Waals surface area contributed by atoms with Gasteiger partial charge < -0.3 is 19.2 Å². The Hall–Kier alpha value is -1.56. The van der Waals surface area contributed by atoms with Crippen molar-refractivity contribution in [2.75, 3.05) is 5.73 Å². The third-order valence-electron chi connectivity index (χ3n) is 7.08. The average Bonchev–Trinajstić information content (AvgIpc) is 3.10. The van der Waals surface area contributed by atoms with Crippen molar-refractivity contribution in [3.05, 3.63) is 24.8 Å². The van der Waals surface area contributed by atoms with Gasteiger partial charge in [-0.15, -0.1) is 0 Å². The van der Waals surface area contributed by atoms with Gasteiger partial charge in [0, 0.05) is 5.92 Å². The SMILES string of the molecule is C[SiH](C)OC([C@@H]1C=C[C@@H](n2cnc3c(N)ncnc32)C[C@@H]1O[Si](C)(C)C(C)(C)C)C(C)(C)C. The van der Waals surface area contributed by atoms with E-state index in [-0.39, 0.29) is 34.6 Å². The van der Waals surface area contributed by atoms with Crippen LogP contribution in [0.5, 0.6) is 0 Å². The Balaban J connectivity index is 2.03. The van der Waals surface area contributed by atoms with Gasteiger partial charge in [0.25, 0.3) is 0 Å². The minimum atomic E-state index is -2.00. The molecule has 0 spiro atoms. The Kier molecular flexibility index (Phi) is 7.30. The van der Waals surface area contributed by atoms with Crippen LogP contribution in [-0.4, -0.2) is 49.1 Å². The predicted molar refractivity (Wildman–Crippen MR) is 141 cm³/mol. The van der Waals surface area contributed by atoms with Crippen molar-refractivity contribution in [2.24, 2.45) is 11.3 Å². The van der Waals surface area contributed by atoms with Crippen LogP contribution in [0.2, 0.25) is 31.2 Å². The first-order valence-electron chi connectivity index (χ1n) is 12.1. The number of aromatic nitrogens is 4. The van der Waals surface area contributed by atoms with Gasteiger partial charge in [-0.2, -0.15) is 0 Å². The zero-order chi connectivity index (χ0) is 24.8. The van der Waals surface area contributed by atoms with Crippen molar-refractivity contribution >= 4 is 34.3 Å². The van der Waals surface area contributed by atoms with Gasteiger partial charge in [0.2, 0.25) is 0 Å². The molecular weight excluding hydrogens is 446 g/mol. The molecule has 1 aliphatic rings. The van der Waals surface area contributed by atoms with E-state index in [0.29, 0.717) is 11.3 Å². The van der Waals surface area contributed by atoms with Gasteiger partial charge in [0.05, 0.1) is 24.6 Å². The van der Waals surface area contributed by atoms with Crippen LogP contribution in [0.4, 0.5) is 5.82 Å². The number of imidazole rings is 1. The summed E-state index contributed by atoms with van der Waals surface area (Å²) >= 11 is 0. The van der Waals surface area contributed by atoms with Crippen molar-refractivity contribution < 1.29 is 8.85 Å². The van der Waals surface area contributed by atoms with Gasteiger partial charge in [-0.05, 0) is 43.1 Å². The molecule has 0 bridgehead atoms. The largest absolute Gasteiger partial charge is 0.416 e. The lowest BCUT2D eigenvalue weighted by Crippen LogP contribution is -2.51. The molecule has 1 aliphatic carbocycles. The van der Waals surface area contributed by atoms with Crippen molar-refractivity contribution in [3.63, 3.8) is 0 Å². The van der Waals surface area contributed by atoms with Crippen molar-refractivity contribution in [1.82, 2.24) is 19.5 Å². The Bertz CT molecular complexity index is 991. The Morgan fingerprint density at radius 2 is 1.76 bits per heavy atom. The topological polar surface area (TPSA) is 88.1 Å². The van der Waals surface area contributed by atoms with Gasteiger partial charge in [-0.3, -0.25) is 0 Å². The molecule has 9 heteroatoms. The molecule has 0 fully saturated rings. The second-order valence-corrected chi connectivity index (χ2v) is 19.4. The molecular formula is C24H43N5O2Si2. The predicted octanol–water partition coefficient (Wildman–Crippen LogP) is 5.33. The number of allylic oxidation sites excluding steroid dienone is 1. The highest BCUT2D eigenvalue weighted by atomic mass is 28.4. The molecule has 2 heterocycles. The number of nitrogen functional groups attached to an aromatic ring is 1. The van der Waals surface area contributed by atoms with E-state index >= 15 is 0 Å². The van der Waals surface area contributed by atoms with Gasteiger partial charge >= 0.3 is 0 Å². The summed E-state index contributed by atoms with van der Waals surface area (Å²) in [4.78, 5) is 13.1. The van der Waals surface area contributed by atoms with E-state index in [9.17, 15) is 0 Å². The molecule has 7 nitrogen and oxygen atoms in total. The maximum atomic E-state index is 7.11. The van der Waals surface area contributed by atoms with Crippen LogP contribution in [0.3, 0.4) is 0 Å². The minimum Gasteiger partial charge on any atom is -0.416 e. The van der Waals surface area contributed by atoms with Crippen molar-refractivity contribution in [3.8, 4) is 0 Å². The smallest absolute Gasteiger partial charge is 0.192 e. The zero-order valence-electron chi connectivity index (χ0n) is 22.1. The van der Waals surface area contributed by atoms with Crippen molar-refractivity contribution in [1.29, 1.82) is 0 Å². The van der Waals surface area contributed by atoms with Crippen molar-refractivity contribution in [2.45, 2.75) is 97.4 Å². The maximum absolute atomic E-state index is 7.11. The lowest BCUT2D eigenvalue weighted by Gasteiger charge is -2.47. The fourth-order valence-corrected chi connectivity index (χ4v) is 6.86. The molecule has 1 unspecified atom stereocenters. The molecule has 0 amide bonds. The molecule has 4 atom stereocenters. The highest BCUT2D eigenvalue weighted by Crippen LogP contribution is 2.44. The number of hydrogen-bond acceptors (Lipinski definition) is 6. The van der Waals surface area contributed by atoms with Gasteiger partial charge in [-0.25, -0.2) is 15.0 Å². The molecule has 0 radical (unpaired) electrons. The summed E-state index contributed by atoms with van der Waals surface area (Å²) in [7, 11) is -3.25. The van der Waals surface area contributed by atoms with E-state index < -0.39 is 17.4 Å². The summed E-state index contributed by atoms with van der Waals surface area (Å²) in [5.74, 6) is 0.605. The molecule has 184 valence electrons. The summed E-state index contributed by atoms with van der Waals surface area (Å²) in [5.41, 5.74) is 7.46. The average molecular weight is 490 g/mol. The summed E-state index contributed by atoms with van der Waals surface area (Å²) in [5, 5.41) is 0.127. The zero-order valence-corrected chi connectivity index (χ0v) is 24.2. The summed E-state index contributed by atoms with van der Waals surface area (Å²) in [6, 6.07) is 0.0900. The number of rotatable bonds is 6. The molecule has 0 aromatic carbocycles. The quantitative estimate of drug-likeness (QED) is 0.436. The Morgan fingerprint density at radius 3 is 2.33 bits per heavy atom. The van der Waals surface area contributed by atoms with Crippen LogP contribution in [0.1, 0.15) is 54.0 Å². The third-order valence-corrected chi connectivity index (χ3v) is 12.4. The molecule has 0 saturated heterocycles. The fourth-order valence-electron chi connectivity index (χ4n) is 4.32. The summed E-state index contributed by atoms with van der Waals surface area (Å²) < 4.78 is 15.9. The lowest BCUT2D eigenvalue weighted by atomic mass is 9.75. The molecule has 33 heavy (non-hydrogen) atoms. The maximum Gasteiger partial charge on any atom is 0.192 e. The van der Waals surface area contributed by atoms with Crippen LogP contribution in [0.25, 0.3) is 11.2 Å². The fraction of sp³-hybridized carbons (Fsp3) is 0.708. The summed E-state index contributed by atoms with van der Waals surface area (Å²) in [6.45, 7) is 22.9. The molecule has 2 N–H and O–H groups in total. The third kappa shape index (κ3) is 5.58. The Labute approximate surface area is 202 Å². The number of fused-ring (bicyclic) bond motifs is 1. The number of hydrogen-bond donors (Lipinski definition) is 1. The van der Waals surface area contributed by atoms with E-state index in [4.69, 9.17) is 14.6 Å². The molecule has 0 saturated carbocycles. The minimum absolute atomic E-state index is 0.0114. The summed E-state index contributed by atoms with van der Waals surface area (Å²) in [6.07, 6.45) is 8.94. The highest BCUT2D eigenvalue weighted by molar-refractivity contribution is 6.74. The van der Waals surface area contributed by atoms with E-state index in [2.05, 4.69) is 99.4 Å². The number of nitrogens with zero attached hydrogens (tertiary/aromatic N) is 4. The lowest BCUT2D eigenvalue weighted by molar-refractivity contribution is -0.0129. The second kappa shape index (κ2) is 9.24. The van der Waals surface area contributed by atoms with E-state index in [1.807, 2.05) is 6.33 Å². The normalized spacial score (nSPS) is 23.4. The number of anilines is 1. The molecule has 2 aromatic heterocycles. The van der Waals surface area contributed by atoms with Gasteiger partial charge in [0.15, 0.2) is 28.8 Å². The second-order valence-electron chi connectivity index (χ2n) is 12.2. The standard InChI is InChI=1S/C24H43N5O2Si2/c1-23(2,3)20(30-32(7)8)17-12-11-16(13-18(17)31-33(9,10)24(4,5)6)29-15-28-19-21(25)26-14-27-22(19)29/h11-12,14-18,20,32H,13H2,1-10H3,(H2,25,26,27)/t16-,17-,18+,20?/m1/s1. The number of nitrogens with two attached hydrogens (primary N) is 1.